The number of halogens is 2. The van der Waals surface area contributed by atoms with Crippen molar-refractivity contribution in [2.75, 3.05) is 13.1 Å². The minimum Gasteiger partial charge on any atom is -0.469 e. The summed E-state index contributed by atoms with van der Waals surface area (Å²) in [6.07, 6.45) is 3.95. The molecule has 0 aliphatic carbocycles. The third-order valence-corrected chi connectivity index (χ3v) is 4.76. The molecule has 0 radical (unpaired) electrons. The van der Waals surface area contributed by atoms with Gasteiger partial charge in [-0.05, 0) is 48.9 Å². The topological polar surface area (TPSA) is 82.9 Å². The number of aliphatic imine (C=N–C) groups is 1. The molecule has 0 saturated carbocycles. The van der Waals surface area contributed by atoms with Crippen LogP contribution in [0.1, 0.15) is 24.0 Å². The number of aliphatic hydroxyl groups is 1. The van der Waals surface area contributed by atoms with Crippen LogP contribution in [0.15, 0.2) is 79.4 Å². The van der Waals surface area contributed by atoms with E-state index >= 15 is 0 Å². The lowest BCUT2D eigenvalue weighted by Gasteiger charge is -2.23. The first-order valence-corrected chi connectivity index (χ1v) is 9.87. The summed E-state index contributed by atoms with van der Waals surface area (Å²) in [6, 6.07) is 15.3. The minimum absolute atomic E-state index is 0. The Morgan fingerprint density at radius 3 is 2.45 bits per heavy atom. The fourth-order valence-corrected chi connectivity index (χ4v) is 2.89. The molecule has 0 amide bonds. The number of nitrogens with one attached hydrogen (secondary N) is 2. The highest BCUT2D eigenvalue weighted by Gasteiger charge is 2.26. The fraction of sp³-hybridized carbons (Fsp3) is 0.286. The second kappa shape index (κ2) is 11.4. The van der Waals surface area contributed by atoms with E-state index in [0.29, 0.717) is 24.8 Å². The quantitative estimate of drug-likeness (QED) is 0.211. The molecule has 3 N–H and O–H groups in total. The lowest BCUT2D eigenvalue weighted by Crippen LogP contribution is -2.45. The van der Waals surface area contributed by atoms with Gasteiger partial charge in [-0.1, -0.05) is 28.1 Å². The Morgan fingerprint density at radius 2 is 1.79 bits per heavy atom. The molecule has 1 unspecified atom stereocenters. The monoisotopic (exact) mass is 573 g/mol. The Kier molecular flexibility index (Phi) is 9.25. The average Bonchev–Trinajstić information content (AvgIpc) is 3.39. The Labute approximate surface area is 195 Å². The van der Waals surface area contributed by atoms with Gasteiger partial charge in [0.05, 0.1) is 25.6 Å². The molecular formula is C21H25BrIN3O3. The van der Waals surface area contributed by atoms with Crippen molar-refractivity contribution in [2.45, 2.75) is 25.5 Å². The number of rotatable bonds is 8. The predicted molar refractivity (Wildman–Crippen MR) is 127 cm³/mol. The summed E-state index contributed by atoms with van der Waals surface area (Å²) in [5, 5.41) is 17.1. The second-order valence-corrected chi connectivity index (χ2v) is 7.57. The Morgan fingerprint density at radius 1 is 1.07 bits per heavy atom. The van der Waals surface area contributed by atoms with E-state index in [0.717, 1.165) is 22.2 Å². The summed E-state index contributed by atoms with van der Waals surface area (Å²) in [5.41, 5.74) is -0.0574. The van der Waals surface area contributed by atoms with Gasteiger partial charge in [-0.25, -0.2) is 4.99 Å². The van der Waals surface area contributed by atoms with Gasteiger partial charge < -0.3 is 24.6 Å². The summed E-state index contributed by atoms with van der Waals surface area (Å²) in [7, 11) is 0. The van der Waals surface area contributed by atoms with Crippen LogP contribution in [0.25, 0.3) is 0 Å². The summed E-state index contributed by atoms with van der Waals surface area (Å²) >= 11 is 3.44. The van der Waals surface area contributed by atoms with Gasteiger partial charge in [0.2, 0.25) is 0 Å². The molecule has 3 aromatic rings. The van der Waals surface area contributed by atoms with Crippen molar-refractivity contribution in [2.24, 2.45) is 4.99 Å². The van der Waals surface area contributed by atoms with Crippen LogP contribution in [0.4, 0.5) is 0 Å². The molecule has 1 aromatic carbocycles. The number of furan rings is 2. The summed E-state index contributed by atoms with van der Waals surface area (Å²) in [5.74, 6) is 2.02. The van der Waals surface area contributed by atoms with Crippen molar-refractivity contribution in [1.29, 1.82) is 0 Å². The highest BCUT2D eigenvalue weighted by atomic mass is 127. The normalized spacial score (nSPS) is 13.4. The first-order chi connectivity index (χ1) is 13.5. The first kappa shape index (κ1) is 23.5. The van der Waals surface area contributed by atoms with Gasteiger partial charge in [-0.15, -0.1) is 24.0 Å². The maximum atomic E-state index is 10.7. The largest absolute Gasteiger partial charge is 0.469 e. The molecule has 0 fully saturated rings. The number of guanidine groups is 1. The van der Waals surface area contributed by atoms with E-state index in [2.05, 4.69) is 31.6 Å². The molecular weight excluding hydrogens is 549 g/mol. The van der Waals surface area contributed by atoms with E-state index in [1.54, 1.807) is 31.6 Å². The van der Waals surface area contributed by atoms with E-state index in [1.165, 1.54) is 0 Å². The lowest BCUT2D eigenvalue weighted by molar-refractivity contribution is 0.0386. The smallest absolute Gasteiger partial charge is 0.191 e. The van der Waals surface area contributed by atoms with Crippen molar-refractivity contribution < 1.29 is 13.9 Å². The minimum atomic E-state index is -1.15. The summed E-state index contributed by atoms with van der Waals surface area (Å²) < 4.78 is 11.7. The molecule has 8 heteroatoms. The standard InChI is InChI=1S/C21H24BrN3O3.HI/c1-21(26,19-5-3-13-28-19)15-25-20(23-11-10-18-4-2-12-27-18)24-14-16-6-8-17(22)9-7-16;/h2-9,12-13,26H,10-11,14-15H2,1H3,(H2,23,24,25);1H. The predicted octanol–water partition coefficient (Wildman–Crippen LogP) is 4.44. The molecule has 2 aromatic heterocycles. The van der Waals surface area contributed by atoms with Crippen LogP contribution in [-0.4, -0.2) is 24.2 Å². The van der Waals surface area contributed by atoms with Crippen LogP contribution in [0.3, 0.4) is 0 Å². The summed E-state index contributed by atoms with van der Waals surface area (Å²) in [4.78, 5) is 4.63. The van der Waals surface area contributed by atoms with E-state index in [1.807, 2.05) is 36.4 Å². The zero-order valence-corrected chi connectivity index (χ0v) is 20.0. The molecule has 0 aliphatic heterocycles. The van der Waals surface area contributed by atoms with Gasteiger partial charge in [-0.3, -0.25) is 0 Å². The molecule has 6 nitrogen and oxygen atoms in total. The zero-order chi connectivity index (χ0) is 19.8. The van der Waals surface area contributed by atoms with Gasteiger partial charge in [0.1, 0.15) is 17.1 Å². The third-order valence-electron chi connectivity index (χ3n) is 4.23. The van der Waals surface area contributed by atoms with Crippen LogP contribution >= 0.6 is 39.9 Å². The molecule has 0 spiro atoms. The van der Waals surface area contributed by atoms with Crippen molar-refractivity contribution in [3.63, 3.8) is 0 Å². The second-order valence-electron chi connectivity index (χ2n) is 6.65. The molecule has 2 heterocycles. The molecule has 3 rings (SSSR count). The van der Waals surface area contributed by atoms with Crippen molar-refractivity contribution in [3.05, 3.63) is 82.6 Å². The maximum absolute atomic E-state index is 10.7. The summed E-state index contributed by atoms with van der Waals surface area (Å²) in [6.45, 7) is 3.14. The van der Waals surface area contributed by atoms with E-state index < -0.39 is 5.60 Å². The number of hydrogen-bond donors (Lipinski definition) is 3. The number of hydrogen-bond acceptors (Lipinski definition) is 4. The van der Waals surface area contributed by atoms with Crippen molar-refractivity contribution in [3.8, 4) is 0 Å². The van der Waals surface area contributed by atoms with Gasteiger partial charge in [0.15, 0.2) is 5.96 Å². The number of benzene rings is 1. The molecule has 0 bridgehead atoms. The van der Waals surface area contributed by atoms with Gasteiger partial charge in [-0.2, -0.15) is 0 Å². The Hall–Kier alpha value is -1.78. The molecule has 156 valence electrons. The first-order valence-electron chi connectivity index (χ1n) is 9.08. The van der Waals surface area contributed by atoms with Crippen molar-refractivity contribution >= 4 is 45.9 Å². The van der Waals surface area contributed by atoms with E-state index in [-0.39, 0.29) is 30.5 Å². The number of nitrogens with zero attached hydrogens (tertiary/aromatic N) is 1. The third kappa shape index (κ3) is 7.52. The highest BCUT2D eigenvalue weighted by Crippen LogP contribution is 2.19. The zero-order valence-electron chi connectivity index (χ0n) is 16.1. The van der Waals surface area contributed by atoms with Gasteiger partial charge in [0, 0.05) is 17.4 Å². The fourth-order valence-electron chi connectivity index (χ4n) is 2.62. The SMILES string of the molecule is CC(O)(CNC(=NCc1ccc(Br)cc1)NCCc1ccco1)c1ccco1.I. The highest BCUT2D eigenvalue weighted by molar-refractivity contribution is 14.0. The van der Waals surface area contributed by atoms with E-state index in [9.17, 15) is 5.11 Å². The van der Waals surface area contributed by atoms with Gasteiger partial charge >= 0.3 is 0 Å². The Balaban J connectivity index is 0.00000300. The molecule has 29 heavy (non-hydrogen) atoms. The van der Waals surface area contributed by atoms with Gasteiger partial charge in [0.25, 0.3) is 0 Å². The van der Waals surface area contributed by atoms with Crippen molar-refractivity contribution in [1.82, 2.24) is 10.6 Å². The van der Waals surface area contributed by atoms with E-state index in [4.69, 9.17) is 8.83 Å². The van der Waals surface area contributed by atoms with Crippen LogP contribution in [0.2, 0.25) is 0 Å². The van der Waals surface area contributed by atoms with Crippen LogP contribution < -0.4 is 10.6 Å². The van der Waals surface area contributed by atoms with Crippen LogP contribution in [0, 0.1) is 0 Å². The maximum Gasteiger partial charge on any atom is 0.191 e. The molecule has 1 atom stereocenters. The van der Waals surface area contributed by atoms with Crippen LogP contribution in [0.5, 0.6) is 0 Å². The van der Waals surface area contributed by atoms with Crippen LogP contribution in [-0.2, 0) is 18.6 Å². The Bertz CT molecular complexity index is 863. The molecule has 0 aliphatic rings. The lowest BCUT2D eigenvalue weighted by atomic mass is 10.0. The molecule has 0 saturated heterocycles. The average molecular weight is 574 g/mol.